The second kappa shape index (κ2) is 5.53. The Labute approximate surface area is 117 Å². The van der Waals surface area contributed by atoms with Crippen molar-refractivity contribution in [3.8, 4) is 0 Å². The molecular formula is C15H17BrN2. The van der Waals surface area contributed by atoms with E-state index in [9.17, 15) is 0 Å². The van der Waals surface area contributed by atoms with Gasteiger partial charge in [0.15, 0.2) is 0 Å². The van der Waals surface area contributed by atoms with E-state index in [1.807, 2.05) is 12.1 Å². The Morgan fingerprint density at radius 1 is 1.11 bits per heavy atom. The number of nitrogens with one attached hydrogen (secondary N) is 1. The Kier molecular flexibility index (Phi) is 4.02. The molecule has 2 aromatic rings. The van der Waals surface area contributed by atoms with Crippen LogP contribution in [0.25, 0.3) is 0 Å². The minimum atomic E-state index is 0.812. The Bertz CT molecular complexity index is 524. The van der Waals surface area contributed by atoms with Gasteiger partial charge in [-0.1, -0.05) is 17.7 Å². The van der Waals surface area contributed by atoms with Gasteiger partial charge in [-0.05, 0) is 65.5 Å². The SMILES string of the molecule is Cc1cc(C)c(CNc2ccc(Br)cn2)c(C)c1. The second-order valence-corrected chi connectivity index (χ2v) is 5.51. The molecule has 2 nitrogen and oxygen atoms in total. The van der Waals surface area contributed by atoms with Crippen LogP contribution in [-0.2, 0) is 6.54 Å². The standard InChI is InChI=1S/C15H17BrN2/c1-10-6-11(2)14(12(3)7-10)9-18-15-5-4-13(16)8-17-15/h4-8H,9H2,1-3H3,(H,17,18). The van der Waals surface area contributed by atoms with Gasteiger partial charge < -0.3 is 5.32 Å². The predicted octanol–water partition coefficient (Wildman–Crippen LogP) is 4.38. The van der Waals surface area contributed by atoms with Crippen LogP contribution in [0.4, 0.5) is 5.82 Å². The van der Waals surface area contributed by atoms with Crippen molar-refractivity contribution in [1.82, 2.24) is 4.98 Å². The molecule has 0 saturated heterocycles. The summed E-state index contributed by atoms with van der Waals surface area (Å²) in [5, 5.41) is 3.36. The van der Waals surface area contributed by atoms with Crippen molar-refractivity contribution >= 4 is 21.7 Å². The third kappa shape index (κ3) is 3.10. The normalized spacial score (nSPS) is 10.4. The van der Waals surface area contributed by atoms with Gasteiger partial charge in [-0.3, -0.25) is 0 Å². The zero-order valence-corrected chi connectivity index (χ0v) is 12.5. The van der Waals surface area contributed by atoms with Gasteiger partial charge in [-0.2, -0.15) is 0 Å². The summed E-state index contributed by atoms with van der Waals surface area (Å²) in [5.41, 5.74) is 5.33. The first-order valence-corrected chi connectivity index (χ1v) is 6.77. The first-order valence-electron chi connectivity index (χ1n) is 5.98. The van der Waals surface area contributed by atoms with E-state index in [1.165, 1.54) is 22.3 Å². The molecule has 0 bridgehead atoms. The molecule has 0 aliphatic rings. The van der Waals surface area contributed by atoms with Crippen LogP contribution in [0.1, 0.15) is 22.3 Å². The molecule has 1 heterocycles. The zero-order valence-electron chi connectivity index (χ0n) is 10.9. The molecule has 0 amide bonds. The first kappa shape index (κ1) is 13.1. The van der Waals surface area contributed by atoms with Crippen molar-refractivity contribution in [3.63, 3.8) is 0 Å². The van der Waals surface area contributed by atoms with Crippen molar-refractivity contribution in [2.45, 2.75) is 27.3 Å². The average Bonchev–Trinajstić information content (AvgIpc) is 2.30. The van der Waals surface area contributed by atoms with E-state index in [1.54, 1.807) is 6.20 Å². The van der Waals surface area contributed by atoms with E-state index < -0.39 is 0 Å². The Morgan fingerprint density at radius 2 is 1.78 bits per heavy atom. The molecule has 0 atom stereocenters. The van der Waals surface area contributed by atoms with E-state index in [4.69, 9.17) is 0 Å². The topological polar surface area (TPSA) is 24.9 Å². The maximum absolute atomic E-state index is 4.31. The number of nitrogens with zero attached hydrogens (tertiary/aromatic N) is 1. The number of aryl methyl sites for hydroxylation is 3. The van der Waals surface area contributed by atoms with Crippen molar-refractivity contribution in [3.05, 3.63) is 57.2 Å². The molecule has 0 unspecified atom stereocenters. The van der Waals surface area contributed by atoms with Crippen molar-refractivity contribution in [2.75, 3.05) is 5.32 Å². The number of halogens is 1. The molecule has 18 heavy (non-hydrogen) atoms. The Hall–Kier alpha value is -1.35. The number of anilines is 1. The fraction of sp³-hybridized carbons (Fsp3) is 0.267. The van der Waals surface area contributed by atoms with Gasteiger partial charge >= 0.3 is 0 Å². The highest BCUT2D eigenvalue weighted by Crippen LogP contribution is 2.18. The van der Waals surface area contributed by atoms with Gasteiger partial charge in [0, 0.05) is 17.2 Å². The van der Waals surface area contributed by atoms with E-state index in [0.29, 0.717) is 0 Å². The quantitative estimate of drug-likeness (QED) is 0.910. The third-order valence-electron chi connectivity index (χ3n) is 3.01. The van der Waals surface area contributed by atoms with Crippen LogP contribution in [0.5, 0.6) is 0 Å². The monoisotopic (exact) mass is 304 g/mol. The first-order chi connectivity index (χ1) is 8.56. The van der Waals surface area contributed by atoms with Gasteiger partial charge in [0.05, 0.1) is 0 Å². The number of rotatable bonds is 3. The van der Waals surface area contributed by atoms with Gasteiger partial charge in [-0.25, -0.2) is 4.98 Å². The van der Waals surface area contributed by atoms with E-state index in [2.05, 4.69) is 59.1 Å². The molecular weight excluding hydrogens is 288 g/mol. The summed E-state index contributed by atoms with van der Waals surface area (Å²) in [6.07, 6.45) is 1.80. The van der Waals surface area contributed by atoms with E-state index >= 15 is 0 Å². The lowest BCUT2D eigenvalue weighted by molar-refractivity contribution is 1.06. The minimum absolute atomic E-state index is 0.812. The highest BCUT2D eigenvalue weighted by atomic mass is 79.9. The molecule has 0 radical (unpaired) electrons. The van der Waals surface area contributed by atoms with E-state index in [0.717, 1.165) is 16.8 Å². The van der Waals surface area contributed by atoms with Gasteiger partial charge in [0.25, 0.3) is 0 Å². The van der Waals surface area contributed by atoms with Gasteiger partial charge in [0.1, 0.15) is 5.82 Å². The largest absolute Gasteiger partial charge is 0.366 e. The summed E-state index contributed by atoms with van der Waals surface area (Å²) < 4.78 is 0.996. The molecule has 0 aliphatic heterocycles. The highest BCUT2D eigenvalue weighted by molar-refractivity contribution is 9.10. The lowest BCUT2D eigenvalue weighted by atomic mass is 10.00. The van der Waals surface area contributed by atoms with Crippen LogP contribution in [0, 0.1) is 20.8 Å². The number of hydrogen-bond acceptors (Lipinski definition) is 2. The fourth-order valence-electron chi connectivity index (χ4n) is 2.15. The molecule has 1 aromatic carbocycles. The number of pyridine rings is 1. The minimum Gasteiger partial charge on any atom is -0.366 e. The molecule has 0 saturated carbocycles. The summed E-state index contributed by atoms with van der Waals surface area (Å²) in [6, 6.07) is 8.41. The summed E-state index contributed by atoms with van der Waals surface area (Å²) in [4.78, 5) is 4.31. The van der Waals surface area contributed by atoms with Crippen molar-refractivity contribution < 1.29 is 0 Å². The molecule has 1 aromatic heterocycles. The van der Waals surface area contributed by atoms with Crippen molar-refractivity contribution in [1.29, 1.82) is 0 Å². The average molecular weight is 305 g/mol. The third-order valence-corrected chi connectivity index (χ3v) is 3.48. The summed E-state index contributed by atoms with van der Waals surface area (Å²) in [6.45, 7) is 7.26. The Balaban J connectivity index is 2.13. The van der Waals surface area contributed by atoms with Gasteiger partial charge in [0.2, 0.25) is 0 Å². The number of aromatic nitrogens is 1. The van der Waals surface area contributed by atoms with Crippen molar-refractivity contribution in [2.24, 2.45) is 0 Å². The zero-order chi connectivity index (χ0) is 13.1. The molecule has 94 valence electrons. The number of benzene rings is 1. The van der Waals surface area contributed by atoms with Crippen LogP contribution in [-0.4, -0.2) is 4.98 Å². The molecule has 1 N–H and O–H groups in total. The van der Waals surface area contributed by atoms with Crippen LogP contribution >= 0.6 is 15.9 Å². The molecule has 2 rings (SSSR count). The lowest BCUT2D eigenvalue weighted by Gasteiger charge is -2.12. The molecule has 0 spiro atoms. The molecule has 0 aliphatic carbocycles. The van der Waals surface area contributed by atoms with Crippen LogP contribution in [0.15, 0.2) is 34.9 Å². The maximum atomic E-state index is 4.31. The maximum Gasteiger partial charge on any atom is 0.126 e. The number of hydrogen-bond donors (Lipinski definition) is 1. The highest BCUT2D eigenvalue weighted by Gasteiger charge is 2.04. The van der Waals surface area contributed by atoms with Gasteiger partial charge in [-0.15, -0.1) is 0 Å². The lowest BCUT2D eigenvalue weighted by Crippen LogP contribution is -2.05. The van der Waals surface area contributed by atoms with Crippen LogP contribution in [0.3, 0.4) is 0 Å². The van der Waals surface area contributed by atoms with Crippen LogP contribution in [0.2, 0.25) is 0 Å². The predicted molar refractivity (Wildman–Crippen MR) is 79.9 cm³/mol. The fourth-order valence-corrected chi connectivity index (χ4v) is 2.38. The molecule has 3 heteroatoms. The van der Waals surface area contributed by atoms with E-state index in [-0.39, 0.29) is 0 Å². The van der Waals surface area contributed by atoms with Crippen LogP contribution < -0.4 is 5.32 Å². The Morgan fingerprint density at radius 3 is 2.33 bits per heavy atom. The summed E-state index contributed by atoms with van der Waals surface area (Å²) in [7, 11) is 0. The smallest absolute Gasteiger partial charge is 0.126 e. The molecule has 0 fully saturated rings. The summed E-state index contributed by atoms with van der Waals surface area (Å²) >= 11 is 3.38. The summed E-state index contributed by atoms with van der Waals surface area (Å²) in [5.74, 6) is 0.901. The second-order valence-electron chi connectivity index (χ2n) is 4.59.